The molecule has 0 radical (unpaired) electrons. The highest BCUT2D eigenvalue weighted by atomic mass is 16.4. The van der Waals surface area contributed by atoms with Gasteiger partial charge in [0.15, 0.2) is 0 Å². The Kier molecular flexibility index (Phi) is 14.0. The van der Waals surface area contributed by atoms with Gasteiger partial charge in [0.1, 0.15) is 18.4 Å². The Bertz CT molecular complexity index is 614. The molecular formula is C19H35N5O7. The average molecular weight is 446 g/mol. The highest BCUT2D eigenvalue weighted by molar-refractivity contribution is 5.94. The maximum absolute atomic E-state index is 12.6. The molecule has 31 heavy (non-hydrogen) atoms. The van der Waals surface area contributed by atoms with Crippen LogP contribution in [0.3, 0.4) is 0 Å². The van der Waals surface area contributed by atoms with E-state index < -0.39 is 60.9 Å². The molecule has 12 nitrogen and oxygen atoms in total. The van der Waals surface area contributed by atoms with Crippen molar-refractivity contribution in [2.75, 3.05) is 13.2 Å². The summed E-state index contributed by atoms with van der Waals surface area (Å²) < 4.78 is 0. The largest absolute Gasteiger partial charge is 0.481 e. The number of nitrogens with two attached hydrogens (primary N) is 2. The minimum absolute atomic E-state index is 0.0323. The van der Waals surface area contributed by atoms with Crippen molar-refractivity contribution in [1.82, 2.24) is 16.0 Å². The first kappa shape index (κ1) is 28.4. The predicted molar refractivity (Wildman–Crippen MR) is 112 cm³/mol. The summed E-state index contributed by atoms with van der Waals surface area (Å²) in [5.41, 5.74) is 10.9. The highest BCUT2D eigenvalue weighted by Gasteiger charge is 2.29. The van der Waals surface area contributed by atoms with Gasteiger partial charge in [-0.05, 0) is 38.1 Å². The van der Waals surface area contributed by atoms with Gasteiger partial charge in [-0.2, -0.15) is 0 Å². The number of aliphatic carboxylic acids is 1. The third-order valence-corrected chi connectivity index (χ3v) is 4.35. The molecule has 0 aromatic heterocycles. The molecule has 0 unspecified atom stereocenters. The van der Waals surface area contributed by atoms with Crippen molar-refractivity contribution in [2.45, 2.75) is 70.1 Å². The Morgan fingerprint density at radius 3 is 2.03 bits per heavy atom. The van der Waals surface area contributed by atoms with Crippen molar-refractivity contribution in [3.63, 3.8) is 0 Å². The lowest BCUT2D eigenvalue weighted by Gasteiger charge is -2.25. The van der Waals surface area contributed by atoms with Crippen LogP contribution in [0.4, 0.5) is 0 Å². The van der Waals surface area contributed by atoms with Gasteiger partial charge in [0, 0.05) is 0 Å². The molecule has 0 saturated heterocycles. The summed E-state index contributed by atoms with van der Waals surface area (Å²) in [7, 11) is 0. The number of unbranched alkanes of at least 4 members (excludes halogenated alkanes) is 1. The summed E-state index contributed by atoms with van der Waals surface area (Å²) in [6, 6.07) is -4.58. The molecule has 0 aromatic carbocycles. The fourth-order valence-corrected chi connectivity index (χ4v) is 2.70. The molecule has 0 fully saturated rings. The smallest absolute Gasteiger partial charge is 0.305 e. The van der Waals surface area contributed by atoms with Gasteiger partial charge < -0.3 is 42.4 Å². The van der Waals surface area contributed by atoms with Gasteiger partial charge in [0.25, 0.3) is 0 Å². The Morgan fingerprint density at radius 1 is 0.968 bits per heavy atom. The maximum Gasteiger partial charge on any atom is 0.305 e. The van der Waals surface area contributed by atoms with Gasteiger partial charge in [0.2, 0.25) is 17.7 Å². The second kappa shape index (κ2) is 15.3. The van der Waals surface area contributed by atoms with Gasteiger partial charge >= 0.3 is 5.97 Å². The number of nitrogens with one attached hydrogen (secondary N) is 3. The SMILES string of the molecule is CC(C)C[C@H](NC(=O)[C@@H](N)CC(=O)O)C(=O)N[C@@H](CO)C(=O)N[C@H](C=O)CCCCN. The van der Waals surface area contributed by atoms with Crippen LogP contribution in [0.25, 0.3) is 0 Å². The molecule has 0 aliphatic rings. The summed E-state index contributed by atoms with van der Waals surface area (Å²) in [5, 5.41) is 25.5. The van der Waals surface area contributed by atoms with Gasteiger partial charge in [-0.25, -0.2) is 0 Å². The zero-order valence-corrected chi connectivity index (χ0v) is 18.0. The number of aliphatic hydroxyl groups is 1. The molecule has 0 aliphatic carbocycles. The summed E-state index contributed by atoms with van der Waals surface area (Å²) in [4.78, 5) is 59.0. The first-order valence-corrected chi connectivity index (χ1v) is 10.2. The first-order chi connectivity index (χ1) is 14.5. The third-order valence-electron chi connectivity index (χ3n) is 4.35. The molecule has 9 N–H and O–H groups in total. The van der Waals surface area contributed by atoms with E-state index in [-0.39, 0.29) is 12.3 Å². The highest BCUT2D eigenvalue weighted by Crippen LogP contribution is 2.07. The van der Waals surface area contributed by atoms with Crippen molar-refractivity contribution in [2.24, 2.45) is 17.4 Å². The second-order valence-corrected chi connectivity index (χ2v) is 7.67. The van der Waals surface area contributed by atoms with Crippen LogP contribution in [0.1, 0.15) is 46.0 Å². The van der Waals surface area contributed by atoms with Crippen molar-refractivity contribution >= 4 is 30.0 Å². The topological polar surface area (TPSA) is 214 Å². The number of aliphatic hydroxyl groups excluding tert-OH is 1. The Balaban J connectivity index is 5.08. The molecule has 12 heteroatoms. The Hall–Kier alpha value is -2.57. The summed E-state index contributed by atoms with van der Waals surface area (Å²) >= 11 is 0. The van der Waals surface area contributed by atoms with Crippen LogP contribution < -0.4 is 27.4 Å². The second-order valence-electron chi connectivity index (χ2n) is 7.67. The van der Waals surface area contributed by atoms with Crippen LogP contribution >= 0.6 is 0 Å². The summed E-state index contributed by atoms with van der Waals surface area (Å²) in [6.07, 6.45) is 1.81. The van der Waals surface area contributed by atoms with Crippen molar-refractivity contribution in [3.8, 4) is 0 Å². The van der Waals surface area contributed by atoms with Crippen LogP contribution in [0.15, 0.2) is 0 Å². The van der Waals surface area contributed by atoms with E-state index in [2.05, 4.69) is 16.0 Å². The molecule has 0 aliphatic heterocycles. The number of hydrogen-bond donors (Lipinski definition) is 7. The van der Waals surface area contributed by atoms with Crippen LogP contribution in [0.5, 0.6) is 0 Å². The minimum Gasteiger partial charge on any atom is -0.481 e. The van der Waals surface area contributed by atoms with E-state index in [0.29, 0.717) is 32.1 Å². The molecule has 3 amide bonds. The van der Waals surface area contributed by atoms with E-state index >= 15 is 0 Å². The lowest BCUT2D eigenvalue weighted by molar-refractivity contribution is -0.140. The van der Waals surface area contributed by atoms with E-state index in [4.69, 9.17) is 16.6 Å². The number of rotatable bonds is 16. The number of carbonyl (C=O) groups excluding carboxylic acids is 4. The first-order valence-electron chi connectivity index (χ1n) is 10.2. The van der Waals surface area contributed by atoms with E-state index in [9.17, 15) is 29.1 Å². The molecule has 0 rings (SSSR count). The maximum atomic E-state index is 12.6. The number of carboxylic acid groups (broad SMARTS) is 1. The molecular weight excluding hydrogens is 410 g/mol. The van der Waals surface area contributed by atoms with Gasteiger partial charge in [0.05, 0.1) is 25.1 Å². The van der Waals surface area contributed by atoms with E-state index in [1.54, 1.807) is 13.8 Å². The van der Waals surface area contributed by atoms with Crippen LogP contribution in [0.2, 0.25) is 0 Å². The standard InChI is InChI=1S/C19H35N5O7/c1-11(2)7-14(23-17(29)13(21)8-16(27)28)18(30)24-15(10-26)19(31)22-12(9-25)5-3-4-6-20/h9,11-15,26H,3-8,10,20-21H2,1-2H3,(H,22,31)(H,23,29)(H,24,30)(H,27,28)/t12-,13-,14-,15-/m0/s1. The molecule has 0 saturated carbocycles. The van der Waals surface area contributed by atoms with E-state index in [0.717, 1.165) is 0 Å². The summed E-state index contributed by atoms with van der Waals surface area (Å²) in [5.74, 6) is -3.62. The molecule has 0 bridgehead atoms. The predicted octanol–water partition coefficient (Wildman–Crippen LogP) is -2.39. The Labute approximate surface area is 181 Å². The van der Waals surface area contributed by atoms with Gasteiger partial charge in [-0.15, -0.1) is 0 Å². The van der Waals surface area contributed by atoms with Gasteiger partial charge in [-0.1, -0.05) is 13.8 Å². The normalized spacial score (nSPS) is 14.8. The van der Waals surface area contributed by atoms with Gasteiger partial charge in [-0.3, -0.25) is 19.2 Å². The van der Waals surface area contributed by atoms with E-state index in [1.807, 2.05) is 0 Å². The van der Waals surface area contributed by atoms with E-state index in [1.165, 1.54) is 0 Å². The third kappa shape index (κ3) is 12.0. The molecule has 4 atom stereocenters. The van der Waals surface area contributed by atoms with Crippen LogP contribution in [0, 0.1) is 5.92 Å². The van der Waals surface area contributed by atoms with Crippen molar-refractivity contribution < 1.29 is 34.2 Å². The number of hydrogen-bond acceptors (Lipinski definition) is 8. The lowest BCUT2D eigenvalue weighted by atomic mass is 10.0. The molecule has 0 heterocycles. The fourth-order valence-electron chi connectivity index (χ4n) is 2.70. The number of amides is 3. The van der Waals surface area contributed by atoms with Crippen LogP contribution in [-0.2, 0) is 24.0 Å². The average Bonchev–Trinajstić information content (AvgIpc) is 2.69. The number of carboxylic acids is 1. The Morgan fingerprint density at radius 2 is 1.55 bits per heavy atom. The molecule has 0 spiro atoms. The van der Waals surface area contributed by atoms with Crippen LogP contribution in [-0.4, -0.2) is 77.5 Å². The lowest BCUT2D eigenvalue weighted by Crippen LogP contribution is -2.58. The zero-order chi connectivity index (χ0) is 24.0. The fraction of sp³-hybridized carbons (Fsp3) is 0.737. The quantitative estimate of drug-likeness (QED) is 0.0995. The summed E-state index contributed by atoms with van der Waals surface area (Å²) in [6.45, 7) is 3.33. The van der Waals surface area contributed by atoms with Crippen molar-refractivity contribution in [3.05, 3.63) is 0 Å². The zero-order valence-electron chi connectivity index (χ0n) is 18.0. The minimum atomic E-state index is -1.35. The monoisotopic (exact) mass is 445 g/mol. The number of aldehydes is 1. The molecule has 0 aromatic rings. The van der Waals surface area contributed by atoms with Crippen molar-refractivity contribution in [1.29, 1.82) is 0 Å². The molecule has 178 valence electrons. The number of carbonyl (C=O) groups is 5.